The van der Waals surface area contributed by atoms with E-state index in [2.05, 4.69) is 17.6 Å². The monoisotopic (exact) mass is 394 g/mol. The maximum absolute atomic E-state index is 11.1. The van der Waals surface area contributed by atoms with E-state index in [1.54, 1.807) is 5.41 Å². The fourth-order valence-electron chi connectivity index (χ4n) is 3.87. The summed E-state index contributed by atoms with van der Waals surface area (Å²) in [6.07, 6.45) is 1.95. The van der Waals surface area contributed by atoms with Crippen LogP contribution in [0.5, 0.6) is 5.75 Å². The molecule has 0 saturated heterocycles. The first-order valence-electron chi connectivity index (χ1n) is 9.23. The minimum atomic E-state index is -0.752. The van der Waals surface area contributed by atoms with E-state index in [4.69, 9.17) is 15.6 Å². The highest BCUT2D eigenvalue weighted by atomic mass is 32.1. The lowest BCUT2D eigenvalue weighted by Crippen LogP contribution is -2.03. The van der Waals surface area contributed by atoms with E-state index in [-0.39, 0.29) is 12.3 Å². The number of carboxylic acids is 1. The normalized spacial score (nSPS) is 16.3. The second-order valence-electron chi connectivity index (χ2n) is 7.13. The first-order chi connectivity index (χ1) is 13.5. The van der Waals surface area contributed by atoms with Gasteiger partial charge in [0.2, 0.25) is 0 Å². The summed E-state index contributed by atoms with van der Waals surface area (Å²) >= 11 is 4.07. The molecule has 1 atom stereocenters. The zero-order valence-corrected chi connectivity index (χ0v) is 16.2. The predicted octanol–water partition coefficient (Wildman–Crippen LogP) is 4.44. The number of carbonyl (C=O) groups is 1. The number of benzene rings is 2. The van der Waals surface area contributed by atoms with Crippen LogP contribution in [0.2, 0.25) is 0 Å². The summed E-state index contributed by atoms with van der Waals surface area (Å²) in [5, 5.41) is 11.8. The average Bonchev–Trinajstić information content (AvgIpc) is 3.25. The molecule has 0 spiro atoms. The summed E-state index contributed by atoms with van der Waals surface area (Å²) < 4.78 is 5.98. The summed E-state index contributed by atoms with van der Waals surface area (Å²) in [6.45, 7) is 0.463. The van der Waals surface area contributed by atoms with Crippen LogP contribution < -0.4 is 10.5 Å². The van der Waals surface area contributed by atoms with E-state index in [1.807, 2.05) is 42.5 Å². The minimum Gasteiger partial charge on any atom is -0.489 e. The number of hydrogen-bond donors (Lipinski definition) is 4. The van der Waals surface area contributed by atoms with Gasteiger partial charge in [0.25, 0.3) is 0 Å². The molecule has 5 nitrogen and oxygen atoms in total. The molecule has 0 fully saturated rings. The molecule has 144 valence electrons. The van der Waals surface area contributed by atoms with E-state index in [0.29, 0.717) is 12.3 Å². The lowest BCUT2D eigenvalue weighted by atomic mass is 10.0. The van der Waals surface area contributed by atoms with E-state index in [0.717, 1.165) is 46.3 Å². The second-order valence-corrected chi connectivity index (χ2v) is 7.39. The summed E-state index contributed by atoms with van der Waals surface area (Å²) in [6, 6.07) is 13.9. The third-order valence-corrected chi connectivity index (χ3v) is 5.59. The van der Waals surface area contributed by atoms with Crippen molar-refractivity contribution in [3.63, 3.8) is 0 Å². The van der Waals surface area contributed by atoms with Crippen LogP contribution in [0.15, 0.2) is 47.9 Å². The Labute approximate surface area is 168 Å². The third-order valence-electron chi connectivity index (χ3n) is 5.31. The molecule has 2 aromatic carbocycles. The van der Waals surface area contributed by atoms with Gasteiger partial charge in [0.15, 0.2) is 0 Å². The summed E-state index contributed by atoms with van der Waals surface area (Å²) in [5.41, 5.74) is 11.8. The molecule has 6 heteroatoms. The molecule has 1 aliphatic carbocycles. The number of fused-ring (bicyclic) bond motifs is 3. The molecular formula is C22H22N2O3S. The number of H-pyrrole nitrogens is 1. The largest absolute Gasteiger partial charge is 0.489 e. The van der Waals surface area contributed by atoms with Gasteiger partial charge in [-0.15, -0.1) is 12.6 Å². The van der Waals surface area contributed by atoms with Crippen LogP contribution in [0.3, 0.4) is 0 Å². The van der Waals surface area contributed by atoms with E-state index < -0.39 is 5.97 Å². The number of aromatic amines is 1. The second kappa shape index (κ2) is 7.64. The number of aliphatic carboxylic acids is 1. The van der Waals surface area contributed by atoms with Crippen molar-refractivity contribution >= 4 is 35.2 Å². The molecule has 0 radical (unpaired) electrons. The van der Waals surface area contributed by atoms with Gasteiger partial charge in [-0.1, -0.05) is 24.3 Å². The van der Waals surface area contributed by atoms with E-state index >= 15 is 0 Å². The highest BCUT2D eigenvalue weighted by molar-refractivity contribution is 7.83. The third kappa shape index (κ3) is 3.60. The van der Waals surface area contributed by atoms with Crippen molar-refractivity contribution in [3.8, 4) is 5.75 Å². The number of nitrogens with two attached hydrogens (primary N) is 1. The number of aryl methyl sites for hydroxylation is 1. The summed E-state index contributed by atoms with van der Waals surface area (Å²) in [7, 11) is 0. The number of carboxylic acid groups (broad SMARTS) is 1. The topological polar surface area (TPSA) is 88.3 Å². The molecule has 4 rings (SSSR count). The van der Waals surface area contributed by atoms with Gasteiger partial charge in [-0.3, -0.25) is 4.79 Å². The van der Waals surface area contributed by atoms with Crippen LogP contribution in [-0.2, 0) is 17.8 Å². The van der Waals surface area contributed by atoms with Gasteiger partial charge in [-0.2, -0.15) is 0 Å². The van der Waals surface area contributed by atoms with Crippen molar-refractivity contribution in [2.75, 3.05) is 0 Å². The molecule has 0 bridgehead atoms. The maximum Gasteiger partial charge on any atom is 0.304 e. The fourth-order valence-corrected chi connectivity index (χ4v) is 4.02. The van der Waals surface area contributed by atoms with Gasteiger partial charge >= 0.3 is 5.97 Å². The van der Waals surface area contributed by atoms with Gasteiger partial charge in [-0.25, -0.2) is 0 Å². The Kier molecular flexibility index (Phi) is 5.05. The standard InChI is InChI=1S/C22H22N2O3S/c23-19(12-28)14-3-1-13(2-4-14)11-27-16-6-8-20-18(10-16)17-7-5-15(9-21(25)26)22(17)24-20/h1-4,6,8,10,12,15,24,28H,5,7,9,11,23H2,(H,25,26)/b19-12-. The first-order valence-corrected chi connectivity index (χ1v) is 9.75. The van der Waals surface area contributed by atoms with Crippen molar-refractivity contribution in [1.82, 2.24) is 4.98 Å². The quantitative estimate of drug-likeness (QED) is 0.466. The zero-order valence-electron chi connectivity index (χ0n) is 15.3. The zero-order chi connectivity index (χ0) is 19.7. The number of nitrogens with one attached hydrogen (secondary N) is 1. The van der Waals surface area contributed by atoms with E-state index in [9.17, 15) is 4.79 Å². The van der Waals surface area contributed by atoms with Crippen molar-refractivity contribution in [2.45, 2.75) is 31.8 Å². The molecule has 0 aliphatic heterocycles. The lowest BCUT2D eigenvalue weighted by Gasteiger charge is -2.08. The Bertz CT molecular complexity index is 1050. The van der Waals surface area contributed by atoms with Crippen LogP contribution in [0.1, 0.15) is 41.1 Å². The molecule has 28 heavy (non-hydrogen) atoms. The number of rotatable bonds is 6. The molecule has 1 heterocycles. The highest BCUT2D eigenvalue weighted by Gasteiger charge is 2.28. The van der Waals surface area contributed by atoms with Crippen LogP contribution in [-0.4, -0.2) is 16.1 Å². The van der Waals surface area contributed by atoms with Gasteiger partial charge in [0.05, 0.1) is 6.42 Å². The molecule has 1 aromatic heterocycles. The number of ether oxygens (including phenoxy) is 1. The van der Waals surface area contributed by atoms with Crippen LogP contribution >= 0.6 is 12.6 Å². The smallest absolute Gasteiger partial charge is 0.304 e. The van der Waals surface area contributed by atoms with Crippen LogP contribution in [0.25, 0.3) is 16.6 Å². The van der Waals surface area contributed by atoms with Gasteiger partial charge in [0.1, 0.15) is 12.4 Å². The molecule has 4 N–H and O–H groups in total. The lowest BCUT2D eigenvalue weighted by molar-refractivity contribution is -0.137. The van der Waals surface area contributed by atoms with Crippen molar-refractivity contribution in [3.05, 3.63) is 70.3 Å². The summed E-state index contributed by atoms with van der Waals surface area (Å²) in [4.78, 5) is 14.5. The number of hydrogen-bond acceptors (Lipinski definition) is 4. The Hall–Kier alpha value is -2.86. The molecule has 3 aromatic rings. The Balaban J connectivity index is 1.50. The van der Waals surface area contributed by atoms with Crippen molar-refractivity contribution in [2.24, 2.45) is 5.73 Å². The average molecular weight is 394 g/mol. The van der Waals surface area contributed by atoms with Gasteiger partial charge < -0.3 is 20.6 Å². The number of thiol groups is 1. The van der Waals surface area contributed by atoms with Crippen molar-refractivity contribution in [1.29, 1.82) is 0 Å². The van der Waals surface area contributed by atoms with E-state index in [1.165, 1.54) is 5.56 Å². The molecule has 0 amide bonds. The fraction of sp³-hybridized carbons (Fsp3) is 0.227. The highest BCUT2D eigenvalue weighted by Crippen LogP contribution is 2.40. The van der Waals surface area contributed by atoms with Crippen molar-refractivity contribution < 1.29 is 14.6 Å². The van der Waals surface area contributed by atoms with Gasteiger partial charge in [-0.05, 0) is 53.1 Å². The first kappa shape index (κ1) is 18.5. The Morgan fingerprint density at radius 3 is 2.79 bits per heavy atom. The van der Waals surface area contributed by atoms with Gasteiger partial charge in [0, 0.05) is 28.2 Å². The minimum absolute atomic E-state index is 0.0709. The SMILES string of the molecule is N/C(=C\S)c1ccc(COc2ccc3[nH]c4c(c3c2)CCC4CC(=O)O)cc1. The molecule has 1 unspecified atom stereocenters. The molecule has 1 aliphatic rings. The maximum atomic E-state index is 11.1. The van der Waals surface area contributed by atoms with Crippen LogP contribution in [0.4, 0.5) is 0 Å². The van der Waals surface area contributed by atoms with Crippen LogP contribution in [0, 0.1) is 0 Å². The number of aromatic nitrogens is 1. The molecule has 0 saturated carbocycles. The predicted molar refractivity (Wildman–Crippen MR) is 114 cm³/mol. The Morgan fingerprint density at radius 2 is 2.07 bits per heavy atom. The summed E-state index contributed by atoms with van der Waals surface area (Å²) in [5.74, 6) is 0.120. The Morgan fingerprint density at radius 1 is 1.29 bits per heavy atom. The molecular weight excluding hydrogens is 372 g/mol.